The highest BCUT2D eigenvalue weighted by atomic mass is 16.2. The van der Waals surface area contributed by atoms with Crippen LogP contribution in [-0.2, 0) is 11.2 Å². The molecule has 3 aromatic rings. The number of H-pyrrole nitrogens is 1. The van der Waals surface area contributed by atoms with Crippen molar-refractivity contribution in [2.75, 3.05) is 5.32 Å². The second kappa shape index (κ2) is 6.61. The summed E-state index contributed by atoms with van der Waals surface area (Å²) in [5.74, 6) is 0.0138. The molecule has 7 heteroatoms. The van der Waals surface area contributed by atoms with Gasteiger partial charge in [0.25, 0.3) is 5.56 Å². The monoisotopic (exact) mass is 307 g/mol. The number of aromatic amines is 1. The highest BCUT2D eigenvalue weighted by Crippen LogP contribution is 2.09. The summed E-state index contributed by atoms with van der Waals surface area (Å²) in [4.78, 5) is 30.7. The van der Waals surface area contributed by atoms with Crippen LogP contribution in [0.1, 0.15) is 5.56 Å². The quantitative estimate of drug-likeness (QED) is 0.759. The normalized spacial score (nSPS) is 10.3. The maximum atomic E-state index is 12.0. The summed E-state index contributed by atoms with van der Waals surface area (Å²) >= 11 is 0. The van der Waals surface area contributed by atoms with Crippen molar-refractivity contribution in [2.45, 2.75) is 6.42 Å². The number of nitrogens with one attached hydrogen (secondary N) is 2. The third kappa shape index (κ3) is 3.65. The predicted octanol–water partition coefficient (Wildman–Crippen LogP) is 1.41. The van der Waals surface area contributed by atoms with Crippen LogP contribution in [-0.4, -0.2) is 26.1 Å². The number of rotatable bonds is 4. The number of hydrogen-bond acceptors (Lipinski definition) is 5. The molecule has 0 fully saturated rings. The molecule has 3 rings (SSSR count). The zero-order valence-corrected chi connectivity index (χ0v) is 12.1. The maximum absolute atomic E-state index is 12.0. The van der Waals surface area contributed by atoms with Crippen LogP contribution in [0, 0.1) is 0 Å². The molecule has 2 aromatic heterocycles. The van der Waals surface area contributed by atoms with Gasteiger partial charge in [-0.15, -0.1) is 5.10 Å². The van der Waals surface area contributed by atoms with E-state index >= 15 is 0 Å². The van der Waals surface area contributed by atoms with Crippen molar-refractivity contribution in [1.29, 1.82) is 0 Å². The van der Waals surface area contributed by atoms with E-state index in [1.807, 2.05) is 30.3 Å². The van der Waals surface area contributed by atoms with E-state index in [-0.39, 0.29) is 18.0 Å². The van der Waals surface area contributed by atoms with Gasteiger partial charge in [-0.25, -0.2) is 4.98 Å². The van der Waals surface area contributed by atoms with Crippen LogP contribution in [0.4, 0.5) is 5.69 Å². The van der Waals surface area contributed by atoms with Gasteiger partial charge in [0.2, 0.25) is 5.91 Å². The summed E-state index contributed by atoms with van der Waals surface area (Å²) in [5, 5.41) is 10.1. The van der Waals surface area contributed by atoms with Crippen molar-refractivity contribution in [3.05, 3.63) is 70.8 Å². The minimum atomic E-state index is -0.443. The minimum absolute atomic E-state index is 0.0959. The first-order chi connectivity index (χ1) is 11.2. The molecule has 1 aromatic carbocycles. The second-order valence-electron chi connectivity index (χ2n) is 4.79. The third-order valence-electron chi connectivity index (χ3n) is 3.10. The molecule has 1 amide bonds. The molecule has 23 heavy (non-hydrogen) atoms. The molecule has 7 nitrogen and oxygen atoms in total. The number of amides is 1. The summed E-state index contributed by atoms with van der Waals surface area (Å²) in [6.07, 6.45) is 3.03. The van der Waals surface area contributed by atoms with Crippen LogP contribution in [0.25, 0.3) is 11.5 Å². The zero-order chi connectivity index (χ0) is 16.1. The van der Waals surface area contributed by atoms with Crippen molar-refractivity contribution >= 4 is 11.6 Å². The number of nitrogens with zero attached hydrogens (tertiary/aromatic N) is 3. The molecule has 0 saturated heterocycles. The Morgan fingerprint density at radius 3 is 2.65 bits per heavy atom. The number of aromatic nitrogens is 4. The molecule has 0 unspecified atom stereocenters. The Labute approximate surface area is 131 Å². The van der Waals surface area contributed by atoms with Gasteiger partial charge in [0.1, 0.15) is 11.4 Å². The van der Waals surface area contributed by atoms with Gasteiger partial charge in [0.15, 0.2) is 5.82 Å². The van der Waals surface area contributed by atoms with Crippen molar-refractivity contribution in [1.82, 2.24) is 20.2 Å². The van der Waals surface area contributed by atoms with Crippen LogP contribution in [0.15, 0.2) is 59.7 Å². The van der Waals surface area contributed by atoms with Gasteiger partial charge in [-0.05, 0) is 17.7 Å². The van der Waals surface area contributed by atoms with E-state index in [4.69, 9.17) is 0 Å². The Bertz CT molecular complexity index is 862. The number of benzene rings is 1. The first-order valence-electron chi connectivity index (χ1n) is 6.93. The molecule has 0 spiro atoms. The molecule has 0 radical (unpaired) electrons. The fraction of sp³-hybridized carbons (Fsp3) is 0.0625. The lowest BCUT2D eigenvalue weighted by molar-refractivity contribution is -0.115. The topological polar surface area (TPSA) is 101 Å². The van der Waals surface area contributed by atoms with E-state index < -0.39 is 5.56 Å². The number of hydrogen-bond donors (Lipinski definition) is 2. The molecular weight excluding hydrogens is 294 g/mol. The lowest BCUT2D eigenvalue weighted by atomic mass is 10.1. The second-order valence-corrected chi connectivity index (χ2v) is 4.79. The van der Waals surface area contributed by atoms with Gasteiger partial charge in [0.05, 0.1) is 12.6 Å². The smallest absolute Gasteiger partial charge is 0.274 e. The lowest BCUT2D eigenvalue weighted by Gasteiger charge is -2.05. The van der Waals surface area contributed by atoms with Crippen LogP contribution in [0.5, 0.6) is 0 Å². The molecule has 0 aliphatic carbocycles. The fourth-order valence-corrected chi connectivity index (χ4v) is 2.02. The van der Waals surface area contributed by atoms with Crippen molar-refractivity contribution < 1.29 is 4.79 Å². The SMILES string of the molecule is O=C(Cc1ccccc1)Nc1cnc(-c2cccnn2)[nH]c1=O. The van der Waals surface area contributed by atoms with E-state index in [0.717, 1.165) is 5.56 Å². The average Bonchev–Trinajstić information content (AvgIpc) is 2.58. The fourth-order valence-electron chi connectivity index (χ4n) is 2.02. The molecule has 114 valence electrons. The molecule has 0 aliphatic heterocycles. The van der Waals surface area contributed by atoms with Gasteiger partial charge >= 0.3 is 0 Å². The molecule has 0 bridgehead atoms. The van der Waals surface area contributed by atoms with E-state index in [0.29, 0.717) is 11.5 Å². The van der Waals surface area contributed by atoms with Crippen LogP contribution in [0.2, 0.25) is 0 Å². The Hall–Kier alpha value is -3.35. The molecule has 0 atom stereocenters. The van der Waals surface area contributed by atoms with Gasteiger partial charge < -0.3 is 10.3 Å². The lowest BCUT2D eigenvalue weighted by Crippen LogP contribution is -2.22. The van der Waals surface area contributed by atoms with E-state index in [1.54, 1.807) is 12.1 Å². The third-order valence-corrected chi connectivity index (χ3v) is 3.10. The molecule has 0 saturated carbocycles. The van der Waals surface area contributed by atoms with Gasteiger partial charge in [-0.3, -0.25) is 9.59 Å². The number of anilines is 1. The number of carbonyl (C=O) groups excluding carboxylic acids is 1. The Balaban J connectivity index is 1.74. The summed E-state index contributed by atoms with van der Waals surface area (Å²) in [6, 6.07) is 12.6. The zero-order valence-electron chi connectivity index (χ0n) is 12.1. The Morgan fingerprint density at radius 1 is 1.13 bits per heavy atom. The first-order valence-corrected chi connectivity index (χ1v) is 6.93. The molecular formula is C16H13N5O2. The highest BCUT2D eigenvalue weighted by Gasteiger charge is 2.09. The molecule has 2 heterocycles. The predicted molar refractivity (Wildman–Crippen MR) is 84.7 cm³/mol. The van der Waals surface area contributed by atoms with Crippen molar-refractivity contribution in [2.24, 2.45) is 0 Å². The van der Waals surface area contributed by atoms with Crippen LogP contribution < -0.4 is 10.9 Å². The van der Waals surface area contributed by atoms with E-state index in [1.165, 1.54) is 12.4 Å². The Morgan fingerprint density at radius 2 is 1.96 bits per heavy atom. The van der Waals surface area contributed by atoms with E-state index in [9.17, 15) is 9.59 Å². The minimum Gasteiger partial charge on any atom is -0.320 e. The Kier molecular flexibility index (Phi) is 4.19. The van der Waals surface area contributed by atoms with Gasteiger partial charge in [0, 0.05) is 6.20 Å². The van der Waals surface area contributed by atoms with Crippen molar-refractivity contribution in [3.8, 4) is 11.5 Å². The van der Waals surface area contributed by atoms with Crippen LogP contribution >= 0.6 is 0 Å². The van der Waals surface area contributed by atoms with Gasteiger partial charge in [-0.1, -0.05) is 30.3 Å². The first kappa shape index (κ1) is 14.6. The van der Waals surface area contributed by atoms with Crippen molar-refractivity contribution in [3.63, 3.8) is 0 Å². The average molecular weight is 307 g/mol. The largest absolute Gasteiger partial charge is 0.320 e. The highest BCUT2D eigenvalue weighted by molar-refractivity contribution is 5.91. The molecule has 2 N–H and O–H groups in total. The van der Waals surface area contributed by atoms with Crippen LogP contribution in [0.3, 0.4) is 0 Å². The van der Waals surface area contributed by atoms with Gasteiger partial charge in [-0.2, -0.15) is 5.10 Å². The van der Waals surface area contributed by atoms with E-state index in [2.05, 4.69) is 25.5 Å². The summed E-state index contributed by atoms with van der Waals surface area (Å²) in [6.45, 7) is 0. The number of carbonyl (C=O) groups is 1. The summed E-state index contributed by atoms with van der Waals surface area (Å²) in [5.41, 5.74) is 0.970. The molecule has 0 aliphatic rings. The standard InChI is InChI=1S/C16H13N5O2/c22-14(9-11-5-2-1-3-6-11)19-13-10-17-15(20-16(13)23)12-7-4-8-18-21-12/h1-8,10H,9H2,(H,19,22)(H,17,20,23). The summed E-state index contributed by atoms with van der Waals surface area (Å²) < 4.78 is 0. The maximum Gasteiger partial charge on any atom is 0.274 e. The summed E-state index contributed by atoms with van der Waals surface area (Å²) in [7, 11) is 0.